The first kappa shape index (κ1) is 17.9. The maximum Gasteiger partial charge on any atom is 0.0469 e. The van der Waals surface area contributed by atoms with Crippen molar-refractivity contribution in [1.82, 2.24) is 5.32 Å². The van der Waals surface area contributed by atoms with E-state index >= 15 is 0 Å². The molecule has 1 atom stereocenters. The second-order valence-electron chi connectivity index (χ2n) is 6.85. The smallest absolute Gasteiger partial charge is 0.0469 e. The van der Waals surface area contributed by atoms with Crippen LogP contribution < -0.4 is 5.32 Å². The van der Waals surface area contributed by atoms with Crippen molar-refractivity contribution in [2.75, 3.05) is 26.3 Å². The van der Waals surface area contributed by atoms with E-state index in [9.17, 15) is 0 Å². The van der Waals surface area contributed by atoms with Gasteiger partial charge >= 0.3 is 0 Å². The highest BCUT2D eigenvalue weighted by Gasteiger charge is 2.23. The summed E-state index contributed by atoms with van der Waals surface area (Å²) < 4.78 is 5.75. The highest BCUT2D eigenvalue weighted by atomic mass is 16.5. The van der Waals surface area contributed by atoms with Crippen molar-refractivity contribution in [1.29, 1.82) is 0 Å². The van der Waals surface area contributed by atoms with Gasteiger partial charge in [0.25, 0.3) is 0 Å². The second kappa shape index (κ2) is 9.80. The first-order valence-corrected chi connectivity index (χ1v) is 7.66. The lowest BCUT2D eigenvalue weighted by molar-refractivity contribution is 0.0897. The van der Waals surface area contributed by atoms with E-state index in [1.54, 1.807) is 0 Å². The molecule has 0 bridgehead atoms. The van der Waals surface area contributed by atoms with Crippen LogP contribution in [0, 0.1) is 17.3 Å². The van der Waals surface area contributed by atoms with Crippen LogP contribution in [0.25, 0.3) is 0 Å². The number of hydrogen-bond donors (Lipinski definition) is 1. The fourth-order valence-electron chi connectivity index (χ4n) is 1.94. The van der Waals surface area contributed by atoms with Crippen molar-refractivity contribution >= 4 is 0 Å². The summed E-state index contributed by atoms with van der Waals surface area (Å²) in [6.07, 6.45) is 3.55. The Morgan fingerprint density at radius 2 is 1.67 bits per heavy atom. The van der Waals surface area contributed by atoms with Gasteiger partial charge in [-0.15, -0.1) is 0 Å². The van der Waals surface area contributed by atoms with Crippen LogP contribution in [0.2, 0.25) is 0 Å². The molecule has 0 fully saturated rings. The predicted octanol–water partition coefficient (Wildman–Crippen LogP) is 4.10. The molecule has 0 saturated heterocycles. The Bertz CT molecular complexity index is 184. The van der Waals surface area contributed by atoms with Gasteiger partial charge < -0.3 is 10.1 Å². The summed E-state index contributed by atoms with van der Waals surface area (Å²) in [5.74, 6) is 1.44. The number of nitrogens with one attached hydrogen (secondary N) is 1. The van der Waals surface area contributed by atoms with Gasteiger partial charge in [0.05, 0.1) is 0 Å². The van der Waals surface area contributed by atoms with Crippen molar-refractivity contribution in [3.8, 4) is 0 Å². The van der Waals surface area contributed by atoms with Crippen molar-refractivity contribution in [3.05, 3.63) is 0 Å². The van der Waals surface area contributed by atoms with E-state index in [2.05, 4.69) is 46.9 Å². The third-order valence-electron chi connectivity index (χ3n) is 3.49. The van der Waals surface area contributed by atoms with Gasteiger partial charge in [0.1, 0.15) is 0 Å². The number of ether oxygens (including phenoxy) is 1. The van der Waals surface area contributed by atoms with E-state index < -0.39 is 0 Å². The van der Waals surface area contributed by atoms with Gasteiger partial charge in [-0.2, -0.15) is 0 Å². The van der Waals surface area contributed by atoms with Crippen LogP contribution in [-0.4, -0.2) is 26.3 Å². The fraction of sp³-hybridized carbons (Fsp3) is 1.00. The Labute approximate surface area is 115 Å². The molecule has 0 spiro atoms. The van der Waals surface area contributed by atoms with Crippen LogP contribution in [0.5, 0.6) is 0 Å². The number of hydrogen-bond acceptors (Lipinski definition) is 2. The van der Waals surface area contributed by atoms with Gasteiger partial charge in [0, 0.05) is 13.2 Å². The van der Waals surface area contributed by atoms with Crippen LogP contribution in [0.3, 0.4) is 0 Å². The average molecular weight is 257 g/mol. The zero-order valence-electron chi connectivity index (χ0n) is 13.5. The minimum Gasteiger partial charge on any atom is -0.381 e. The SMILES string of the molecule is CCCNCC(CCOCCC(C)C)C(C)(C)C. The molecule has 0 amide bonds. The molecule has 0 aliphatic heterocycles. The van der Waals surface area contributed by atoms with Gasteiger partial charge in [-0.1, -0.05) is 41.5 Å². The Balaban J connectivity index is 3.80. The molecule has 110 valence electrons. The lowest BCUT2D eigenvalue weighted by atomic mass is 9.79. The van der Waals surface area contributed by atoms with E-state index in [1.807, 2.05) is 0 Å². The van der Waals surface area contributed by atoms with Gasteiger partial charge in [0.2, 0.25) is 0 Å². The zero-order chi connectivity index (χ0) is 14.0. The summed E-state index contributed by atoms with van der Waals surface area (Å²) in [6.45, 7) is 17.8. The molecule has 0 radical (unpaired) electrons. The van der Waals surface area contributed by atoms with Crippen LogP contribution in [0.4, 0.5) is 0 Å². The van der Waals surface area contributed by atoms with Crippen molar-refractivity contribution < 1.29 is 4.74 Å². The van der Waals surface area contributed by atoms with Crippen LogP contribution in [0.15, 0.2) is 0 Å². The standard InChI is InChI=1S/C16H35NO/c1-7-10-17-13-15(16(4,5)6)9-12-18-11-8-14(2)3/h14-15,17H,7-13H2,1-6H3. The third-order valence-corrected chi connectivity index (χ3v) is 3.49. The molecular formula is C16H35NO. The minimum absolute atomic E-state index is 0.363. The normalized spacial score (nSPS) is 14.2. The molecule has 0 aromatic heterocycles. The molecular weight excluding hydrogens is 222 g/mol. The highest BCUT2D eigenvalue weighted by Crippen LogP contribution is 2.28. The second-order valence-corrected chi connectivity index (χ2v) is 6.85. The van der Waals surface area contributed by atoms with Crippen LogP contribution in [-0.2, 0) is 4.74 Å². The Kier molecular flexibility index (Phi) is 9.76. The Morgan fingerprint density at radius 1 is 1.06 bits per heavy atom. The van der Waals surface area contributed by atoms with Gasteiger partial charge in [-0.3, -0.25) is 0 Å². The van der Waals surface area contributed by atoms with Gasteiger partial charge in [-0.25, -0.2) is 0 Å². The highest BCUT2D eigenvalue weighted by molar-refractivity contribution is 4.75. The first-order valence-electron chi connectivity index (χ1n) is 7.66. The molecule has 1 unspecified atom stereocenters. The maximum absolute atomic E-state index is 5.75. The topological polar surface area (TPSA) is 21.3 Å². The van der Waals surface area contributed by atoms with Crippen molar-refractivity contribution in [2.45, 2.75) is 60.8 Å². The van der Waals surface area contributed by atoms with E-state index in [0.29, 0.717) is 11.3 Å². The lowest BCUT2D eigenvalue weighted by Crippen LogP contribution is -2.33. The molecule has 1 N–H and O–H groups in total. The average Bonchev–Trinajstić information content (AvgIpc) is 2.24. The molecule has 2 nitrogen and oxygen atoms in total. The zero-order valence-corrected chi connectivity index (χ0v) is 13.5. The monoisotopic (exact) mass is 257 g/mol. The van der Waals surface area contributed by atoms with E-state index in [0.717, 1.165) is 38.6 Å². The van der Waals surface area contributed by atoms with Crippen LogP contribution >= 0.6 is 0 Å². The van der Waals surface area contributed by atoms with E-state index in [4.69, 9.17) is 4.74 Å². The lowest BCUT2D eigenvalue weighted by Gasteiger charge is -2.31. The summed E-state index contributed by atoms with van der Waals surface area (Å²) in [5, 5.41) is 3.55. The molecule has 0 aliphatic rings. The summed E-state index contributed by atoms with van der Waals surface area (Å²) in [6, 6.07) is 0. The molecule has 0 heterocycles. The summed E-state index contributed by atoms with van der Waals surface area (Å²) >= 11 is 0. The molecule has 0 aliphatic carbocycles. The minimum atomic E-state index is 0.363. The summed E-state index contributed by atoms with van der Waals surface area (Å²) in [5.41, 5.74) is 0.363. The van der Waals surface area contributed by atoms with E-state index in [-0.39, 0.29) is 0 Å². The largest absolute Gasteiger partial charge is 0.381 e. The first-order chi connectivity index (χ1) is 8.38. The number of rotatable bonds is 10. The Hall–Kier alpha value is -0.0800. The van der Waals surface area contributed by atoms with Crippen molar-refractivity contribution in [3.63, 3.8) is 0 Å². The molecule has 0 aromatic rings. The Morgan fingerprint density at radius 3 is 2.17 bits per heavy atom. The van der Waals surface area contributed by atoms with E-state index in [1.165, 1.54) is 12.8 Å². The fourth-order valence-corrected chi connectivity index (χ4v) is 1.94. The molecule has 2 heteroatoms. The summed E-state index contributed by atoms with van der Waals surface area (Å²) in [4.78, 5) is 0. The van der Waals surface area contributed by atoms with Crippen molar-refractivity contribution in [2.24, 2.45) is 17.3 Å². The third kappa shape index (κ3) is 9.90. The molecule has 0 saturated carbocycles. The quantitative estimate of drug-likeness (QED) is 0.595. The van der Waals surface area contributed by atoms with Gasteiger partial charge in [-0.05, 0) is 49.6 Å². The molecule has 18 heavy (non-hydrogen) atoms. The predicted molar refractivity (Wildman–Crippen MR) is 81.0 cm³/mol. The van der Waals surface area contributed by atoms with Crippen LogP contribution in [0.1, 0.15) is 60.8 Å². The molecule has 0 rings (SSSR count). The van der Waals surface area contributed by atoms with Gasteiger partial charge in [0.15, 0.2) is 0 Å². The molecule has 0 aromatic carbocycles. The summed E-state index contributed by atoms with van der Waals surface area (Å²) in [7, 11) is 0. The maximum atomic E-state index is 5.75.